The molecule has 1 heterocycles. The van der Waals surface area contributed by atoms with Gasteiger partial charge in [0.2, 0.25) is 5.60 Å². The summed E-state index contributed by atoms with van der Waals surface area (Å²) in [6.45, 7) is 0.380. The van der Waals surface area contributed by atoms with Crippen molar-refractivity contribution < 1.29 is 23.1 Å². The molecule has 10 heteroatoms. The molecule has 5 nitrogen and oxygen atoms in total. The molecular weight excluding hydrogens is 439 g/mol. The molecule has 0 saturated carbocycles. The maximum absolute atomic E-state index is 12.8. The molecule has 3 rings (SSSR count). The summed E-state index contributed by atoms with van der Waals surface area (Å²) in [6.07, 6.45) is -1.81. The van der Waals surface area contributed by atoms with Crippen LogP contribution in [-0.2, 0) is 4.79 Å². The van der Waals surface area contributed by atoms with Gasteiger partial charge in [-0.05, 0) is 43.3 Å². The van der Waals surface area contributed by atoms with Gasteiger partial charge in [-0.25, -0.2) is 9.97 Å². The largest absolute Gasteiger partial charge is 0.426 e. The standard InChI is InChI=1S/C20H15ClF3N3O2S/c1-19(29,20(22,23)24)18(28)27-16-8-7-14(11-15(16)21)30-13-5-3-12(4-6-13)17-25-9-2-10-26-17/h2-11,29H,1H3,(H,27,28). The maximum Gasteiger partial charge on any atom is 0.426 e. The molecule has 0 bridgehead atoms. The third-order valence-electron chi connectivity index (χ3n) is 4.10. The van der Waals surface area contributed by atoms with E-state index in [4.69, 9.17) is 11.6 Å². The highest BCUT2D eigenvalue weighted by atomic mass is 35.5. The Balaban J connectivity index is 1.71. The van der Waals surface area contributed by atoms with Crippen LogP contribution in [0.3, 0.4) is 0 Å². The molecule has 0 aliphatic heterocycles. The van der Waals surface area contributed by atoms with Crippen molar-refractivity contribution >= 4 is 35.0 Å². The van der Waals surface area contributed by atoms with Gasteiger partial charge < -0.3 is 10.4 Å². The van der Waals surface area contributed by atoms with Crippen molar-refractivity contribution in [1.82, 2.24) is 9.97 Å². The molecule has 0 spiro atoms. The molecule has 1 atom stereocenters. The van der Waals surface area contributed by atoms with Crippen molar-refractivity contribution in [3.63, 3.8) is 0 Å². The predicted molar refractivity (Wildman–Crippen MR) is 108 cm³/mol. The summed E-state index contributed by atoms with van der Waals surface area (Å²) < 4.78 is 38.3. The minimum atomic E-state index is -5.11. The fourth-order valence-corrected chi connectivity index (χ4v) is 3.44. The Morgan fingerprint density at radius 1 is 1.07 bits per heavy atom. The van der Waals surface area contributed by atoms with E-state index in [1.54, 1.807) is 24.5 Å². The first kappa shape index (κ1) is 22.1. The first-order valence-corrected chi connectivity index (χ1v) is 9.73. The number of carbonyl (C=O) groups is 1. The predicted octanol–water partition coefficient (Wildman–Crippen LogP) is 5.20. The van der Waals surface area contributed by atoms with Crippen molar-refractivity contribution in [2.75, 3.05) is 5.32 Å². The Morgan fingerprint density at radius 2 is 1.67 bits per heavy atom. The van der Waals surface area contributed by atoms with E-state index < -0.39 is 17.7 Å². The number of halogens is 4. The van der Waals surface area contributed by atoms with Gasteiger partial charge in [-0.15, -0.1) is 0 Å². The number of amides is 1. The number of hydrogen-bond acceptors (Lipinski definition) is 5. The van der Waals surface area contributed by atoms with E-state index in [9.17, 15) is 23.1 Å². The van der Waals surface area contributed by atoms with Crippen LogP contribution in [0, 0.1) is 0 Å². The molecular formula is C20H15ClF3N3O2S. The number of nitrogens with one attached hydrogen (secondary N) is 1. The number of hydrogen-bond donors (Lipinski definition) is 2. The summed E-state index contributed by atoms with van der Waals surface area (Å²) in [5.74, 6) is -1.01. The van der Waals surface area contributed by atoms with E-state index in [1.807, 2.05) is 29.6 Å². The number of anilines is 1. The smallest absolute Gasteiger partial charge is 0.373 e. The van der Waals surface area contributed by atoms with Crippen LogP contribution in [0.1, 0.15) is 6.92 Å². The number of carbonyl (C=O) groups excluding carboxylic acids is 1. The molecule has 1 unspecified atom stereocenters. The molecule has 0 fully saturated rings. The Bertz CT molecular complexity index is 1050. The van der Waals surface area contributed by atoms with Gasteiger partial charge in [0.1, 0.15) is 0 Å². The van der Waals surface area contributed by atoms with Crippen molar-refractivity contribution in [2.24, 2.45) is 0 Å². The van der Waals surface area contributed by atoms with Crippen LogP contribution in [0.2, 0.25) is 5.02 Å². The molecule has 0 aliphatic carbocycles. The zero-order valence-electron chi connectivity index (χ0n) is 15.4. The maximum atomic E-state index is 12.8. The van der Waals surface area contributed by atoms with Gasteiger partial charge in [0, 0.05) is 27.7 Å². The molecule has 0 aliphatic rings. The van der Waals surface area contributed by atoms with E-state index in [-0.39, 0.29) is 10.7 Å². The van der Waals surface area contributed by atoms with Crippen LogP contribution in [0.5, 0.6) is 0 Å². The Morgan fingerprint density at radius 3 is 2.23 bits per heavy atom. The minimum absolute atomic E-state index is 0.0351. The normalized spacial score (nSPS) is 13.5. The highest BCUT2D eigenvalue weighted by Gasteiger charge is 2.55. The molecule has 0 radical (unpaired) electrons. The second-order valence-corrected chi connectivity index (χ2v) is 7.92. The molecule has 2 N–H and O–H groups in total. The van der Waals surface area contributed by atoms with E-state index in [0.29, 0.717) is 17.6 Å². The van der Waals surface area contributed by atoms with Crippen LogP contribution < -0.4 is 5.32 Å². The SMILES string of the molecule is CC(O)(C(=O)Nc1ccc(Sc2ccc(-c3ncccn3)cc2)cc1Cl)C(F)(F)F. The zero-order chi connectivity index (χ0) is 21.9. The monoisotopic (exact) mass is 453 g/mol. The highest BCUT2D eigenvalue weighted by molar-refractivity contribution is 7.99. The Labute approximate surface area is 179 Å². The van der Waals surface area contributed by atoms with Crippen LogP contribution in [-0.4, -0.2) is 32.8 Å². The van der Waals surface area contributed by atoms with Gasteiger partial charge in [-0.3, -0.25) is 4.79 Å². The van der Waals surface area contributed by atoms with Gasteiger partial charge in [0.15, 0.2) is 5.82 Å². The van der Waals surface area contributed by atoms with Gasteiger partial charge >= 0.3 is 6.18 Å². The molecule has 1 aromatic heterocycles. The minimum Gasteiger partial charge on any atom is -0.373 e. The number of aromatic nitrogens is 2. The van der Waals surface area contributed by atoms with E-state index in [0.717, 1.165) is 10.5 Å². The molecule has 30 heavy (non-hydrogen) atoms. The lowest BCUT2D eigenvalue weighted by atomic mass is 10.1. The summed E-state index contributed by atoms with van der Waals surface area (Å²) in [5, 5.41) is 11.5. The summed E-state index contributed by atoms with van der Waals surface area (Å²) in [4.78, 5) is 21.8. The second kappa shape index (κ2) is 8.63. The fourth-order valence-electron chi connectivity index (χ4n) is 2.29. The number of alkyl halides is 3. The topological polar surface area (TPSA) is 75.1 Å². The lowest BCUT2D eigenvalue weighted by Crippen LogP contribution is -2.52. The second-order valence-electron chi connectivity index (χ2n) is 6.36. The summed E-state index contributed by atoms with van der Waals surface area (Å²) >= 11 is 7.48. The Hall–Kier alpha value is -2.62. The quantitative estimate of drug-likeness (QED) is 0.555. The Kier molecular flexibility index (Phi) is 6.35. The number of nitrogens with zero attached hydrogens (tertiary/aromatic N) is 2. The van der Waals surface area contributed by atoms with Crippen molar-refractivity contribution in [1.29, 1.82) is 0 Å². The first-order chi connectivity index (χ1) is 14.1. The van der Waals surface area contributed by atoms with Gasteiger partial charge in [0.05, 0.1) is 10.7 Å². The van der Waals surface area contributed by atoms with E-state index >= 15 is 0 Å². The number of rotatable bonds is 5. The van der Waals surface area contributed by atoms with Crippen molar-refractivity contribution in [3.05, 3.63) is 65.9 Å². The van der Waals surface area contributed by atoms with Crippen LogP contribution in [0.25, 0.3) is 11.4 Å². The molecule has 0 saturated heterocycles. The lowest BCUT2D eigenvalue weighted by molar-refractivity contribution is -0.242. The molecule has 1 amide bonds. The van der Waals surface area contributed by atoms with Crippen LogP contribution >= 0.6 is 23.4 Å². The number of aliphatic hydroxyl groups is 1. The average molecular weight is 454 g/mol. The van der Waals surface area contributed by atoms with Crippen molar-refractivity contribution in [3.8, 4) is 11.4 Å². The summed E-state index contributed by atoms with van der Waals surface area (Å²) in [6, 6.07) is 13.7. The lowest BCUT2D eigenvalue weighted by Gasteiger charge is -2.25. The van der Waals surface area contributed by atoms with Crippen LogP contribution in [0.4, 0.5) is 18.9 Å². The van der Waals surface area contributed by atoms with Gasteiger partial charge in [-0.1, -0.05) is 35.5 Å². The van der Waals surface area contributed by atoms with Gasteiger partial charge in [-0.2, -0.15) is 13.2 Å². The van der Waals surface area contributed by atoms with Gasteiger partial charge in [0.25, 0.3) is 5.91 Å². The summed E-state index contributed by atoms with van der Waals surface area (Å²) in [7, 11) is 0. The molecule has 156 valence electrons. The van der Waals surface area contributed by atoms with E-state index in [1.165, 1.54) is 23.9 Å². The first-order valence-electron chi connectivity index (χ1n) is 8.53. The fraction of sp³-hybridized carbons (Fsp3) is 0.150. The number of benzene rings is 2. The molecule has 2 aromatic carbocycles. The summed E-state index contributed by atoms with van der Waals surface area (Å²) in [5.41, 5.74) is -2.71. The van der Waals surface area contributed by atoms with E-state index in [2.05, 4.69) is 9.97 Å². The third kappa shape index (κ3) is 4.92. The van der Waals surface area contributed by atoms with Crippen molar-refractivity contribution in [2.45, 2.75) is 28.5 Å². The zero-order valence-corrected chi connectivity index (χ0v) is 17.0. The average Bonchev–Trinajstić information content (AvgIpc) is 2.70. The third-order valence-corrected chi connectivity index (χ3v) is 5.41. The van der Waals surface area contributed by atoms with Crippen LogP contribution in [0.15, 0.2) is 70.7 Å². The highest BCUT2D eigenvalue weighted by Crippen LogP contribution is 2.35. The molecule has 3 aromatic rings.